The van der Waals surface area contributed by atoms with Crippen LogP contribution in [-0.4, -0.2) is 64.7 Å². The molecule has 3 heterocycles. The average Bonchev–Trinajstić information content (AvgIpc) is 3.25. The molecule has 0 bridgehead atoms. The van der Waals surface area contributed by atoms with Gasteiger partial charge in [0.25, 0.3) is 5.91 Å². The van der Waals surface area contributed by atoms with Crippen molar-refractivity contribution in [3.8, 4) is 0 Å². The Hall–Kier alpha value is -3.20. The molecule has 1 saturated heterocycles. The zero-order valence-corrected chi connectivity index (χ0v) is 21.3. The van der Waals surface area contributed by atoms with Crippen molar-refractivity contribution in [2.45, 2.75) is 24.4 Å². The Morgan fingerprint density at radius 1 is 1.06 bits per heavy atom. The maximum atomic E-state index is 12.5. The molecule has 7 nitrogen and oxygen atoms in total. The molecule has 1 aliphatic heterocycles. The summed E-state index contributed by atoms with van der Waals surface area (Å²) in [4.78, 5) is 24.3. The van der Waals surface area contributed by atoms with Crippen molar-refractivity contribution < 1.29 is 9.53 Å². The molecule has 1 fully saturated rings. The first-order valence-electron chi connectivity index (χ1n) is 12.3. The molecule has 0 radical (unpaired) electrons. The van der Waals surface area contributed by atoms with Crippen molar-refractivity contribution in [2.24, 2.45) is 0 Å². The van der Waals surface area contributed by atoms with Gasteiger partial charge >= 0.3 is 0 Å². The van der Waals surface area contributed by atoms with Gasteiger partial charge in [-0.25, -0.2) is 9.97 Å². The molecule has 0 aliphatic carbocycles. The molecule has 5 rings (SSSR count). The second-order valence-corrected chi connectivity index (χ2v) is 9.95. The topological polar surface area (TPSA) is 72.3 Å². The minimum Gasteiger partial charge on any atom is -0.379 e. The number of nitrogens with one attached hydrogen (secondary N) is 1. The van der Waals surface area contributed by atoms with E-state index in [0.29, 0.717) is 12.1 Å². The largest absolute Gasteiger partial charge is 0.379 e. The van der Waals surface area contributed by atoms with Crippen LogP contribution in [0.25, 0.3) is 11.2 Å². The van der Waals surface area contributed by atoms with Gasteiger partial charge in [0.1, 0.15) is 5.52 Å². The summed E-state index contributed by atoms with van der Waals surface area (Å²) in [6.45, 7) is 7.72. The van der Waals surface area contributed by atoms with E-state index in [1.54, 1.807) is 11.8 Å². The summed E-state index contributed by atoms with van der Waals surface area (Å²) < 4.78 is 7.55. The Morgan fingerprint density at radius 3 is 2.69 bits per heavy atom. The standard InChI is InChI=1S/C28H31N5O2S/c1-21-4-2-5-23(18-21)19-33-26-25(6-3-11-29-26)31-28(33)36-20-22-7-9-24(10-8-22)27(34)30-12-13-32-14-16-35-17-15-32/h2-11,18H,12-17,19-20H2,1H3,(H,30,34). The second-order valence-electron chi connectivity index (χ2n) is 9.01. The highest BCUT2D eigenvalue weighted by Gasteiger charge is 2.14. The third kappa shape index (κ3) is 6.13. The van der Waals surface area contributed by atoms with Crippen molar-refractivity contribution in [1.29, 1.82) is 0 Å². The summed E-state index contributed by atoms with van der Waals surface area (Å²) in [6, 6.07) is 20.3. The van der Waals surface area contributed by atoms with Gasteiger partial charge in [0.15, 0.2) is 10.8 Å². The predicted molar refractivity (Wildman–Crippen MR) is 143 cm³/mol. The van der Waals surface area contributed by atoms with E-state index in [2.05, 4.69) is 51.0 Å². The van der Waals surface area contributed by atoms with Crippen molar-refractivity contribution in [3.05, 3.63) is 89.1 Å². The van der Waals surface area contributed by atoms with Crippen LogP contribution in [0.2, 0.25) is 0 Å². The lowest BCUT2D eigenvalue weighted by molar-refractivity contribution is 0.0383. The summed E-state index contributed by atoms with van der Waals surface area (Å²) in [5.74, 6) is 0.726. The highest BCUT2D eigenvalue weighted by Crippen LogP contribution is 2.27. The van der Waals surface area contributed by atoms with Crippen LogP contribution in [0.4, 0.5) is 0 Å². The SMILES string of the molecule is Cc1cccc(Cn2c(SCc3ccc(C(=O)NCCN4CCOCC4)cc3)nc3cccnc32)c1. The Labute approximate surface area is 215 Å². The number of hydrogen-bond donors (Lipinski definition) is 1. The Kier molecular flexibility index (Phi) is 7.95. The first-order valence-corrected chi connectivity index (χ1v) is 13.3. The van der Waals surface area contributed by atoms with Gasteiger partial charge in [0, 0.05) is 43.7 Å². The maximum absolute atomic E-state index is 12.5. The normalized spacial score (nSPS) is 14.2. The van der Waals surface area contributed by atoms with E-state index >= 15 is 0 Å². The van der Waals surface area contributed by atoms with Crippen LogP contribution in [0.3, 0.4) is 0 Å². The van der Waals surface area contributed by atoms with Gasteiger partial charge in [-0.05, 0) is 42.3 Å². The molecule has 2 aromatic carbocycles. The number of hydrogen-bond acceptors (Lipinski definition) is 6. The Morgan fingerprint density at radius 2 is 1.89 bits per heavy atom. The number of amides is 1. The molecule has 2 aromatic heterocycles. The number of imidazole rings is 1. The molecule has 1 N–H and O–H groups in total. The molecule has 0 saturated carbocycles. The fourth-order valence-corrected chi connectivity index (χ4v) is 5.30. The smallest absolute Gasteiger partial charge is 0.251 e. The van der Waals surface area contributed by atoms with Crippen molar-refractivity contribution in [2.75, 3.05) is 39.4 Å². The monoisotopic (exact) mass is 501 g/mol. The fraction of sp³-hybridized carbons (Fsp3) is 0.321. The number of thioether (sulfide) groups is 1. The quantitative estimate of drug-likeness (QED) is 0.348. The number of nitrogens with zero attached hydrogens (tertiary/aromatic N) is 4. The molecule has 0 atom stereocenters. The van der Waals surface area contributed by atoms with Crippen molar-refractivity contribution in [1.82, 2.24) is 24.8 Å². The molecule has 186 valence electrons. The highest BCUT2D eigenvalue weighted by molar-refractivity contribution is 7.98. The third-order valence-electron chi connectivity index (χ3n) is 6.29. The van der Waals surface area contributed by atoms with Crippen LogP contribution in [0, 0.1) is 6.92 Å². The van der Waals surface area contributed by atoms with E-state index in [1.165, 1.54) is 11.1 Å². The van der Waals surface area contributed by atoms with Crippen LogP contribution < -0.4 is 5.32 Å². The highest BCUT2D eigenvalue weighted by atomic mass is 32.2. The lowest BCUT2D eigenvalue weighted by Gasteiger charge is -2.26. The predicted octanol–water partition coefficient (Wildman–Crippen LogP) is 4.14. The number of fused-ring (bicyclic) bond motifs is 1. The summed E-state index contributed by atoms with van der Waals surface area (Å²) in [5, 5.41) is 3.97. The van der Waals surface area contributed by atoms with Crippen molar-refractivity contribution >= 4 is 28.8 Å². The van der Waals surface area contributed by atoms with Crippen LogP contribution >= 0.6 is 11.8 Å². The summed E-state index contributed by atoms with van der Waals surface area (Å²) >= 11 is 1.69. The molecule has 0 unspecified atom stereocenters. The van der Waals surface area contributed by atoms with E-state index in [0.717, 1.165) is 67.0 Å². The molecular weight excluding hydrogens is 470 g/mol. The molecule has 0 spiro atoms. The van der Waals surface area contributed by atoms with E-state index in [1.807, 2.05) is 42.6 Å². The van der Waals surface area contributed by atoms with Gasteiger partial charge in [-0.3, -0.25) is 14.3 Å². The first-order chi connectivity index (χ1) is 17.7. The number of pyridine rings is 1. The molecule has 1 amide bonds. The van der Waals surface area contributed by atoms with Gasteiger partial charge in [-0.1, -0.05) is 53.7 Å². The lowest BCUT2D eigenvalue weighted by atomic mass is 10.1. The number of rotatable bonds is 9. The van der Waals surface area contributed by atoms with E-state index in [-0.39, 0.29) is 5.91 Å². The van der Waals surface area contributed by atoms with Gasteiger partial charge < -0.3 is 10.1 Å². The third-order valence-corrected chi connectivity index (χ3v) is 7.34. The number of aryl methyl sites for hydroxylation is 1. The van der Waals surface area contributed by atoms with Crippen LogP contribution in [0.5, 0.6) is 0 Å². The Balaban J connectivity index is 1.21. The van der Waals surface area contributed by atoms with Crippen LogP contribution in [-0.2, 0) is 17.0 Å². The van der Waals surface area contributed by atoms with E-state index in [4.69, 9.17) is 9.72 Å². The minimum absolute atomic E-state index is 0.0338. The van der Waals surface area contributed by atoms with Gasteiger partial charge in [-0.2, -0.15) is 0 Å². The summed E-state index contributed by atoms with van der Waals surface area (Å²) in [6.07, 6.45) is 1.82. The zero-order chi connectivity index (χ0) is 24.7. The lowest BCUT2D eigenvalue weighted by Crippen LogP contribution is -2.41. The number of carbonyl (C=O) groups is 1. The number of carbonyl (C=O) groups excluding carboxylic acids is 1. The fourth-order valence-electron chi connectivity index (χ4n) is 4.34. The van der Waals surface area contributed by atoms with Gasteiger partial charge in [0.2, 0.25) is 0 Å². The van der Waals surface area contributed by atoms with Gasteiger partial charge in [0.05, 0.1) is 19.8 Å². The van der Waals surface area contributed by atoms with Crippen LogP contribution in [0.1, 0.15) is 27.0 Å². The number of ether oxygens (including phenoxy) is 1. The van der Waals surface area contributed by atoms with E-state index < -0.39 is 0 Å². The maximum Gasteiger partial charge on any atom is 0.251 e. The van der Waals surface area contributed by atoms with Crippen LogP contribution in [0.15, 0.2) is 72.0 Å². The summed E-state index contributed by atoms with van der Waals surface area (Å²) in [7, 11) is 0. The molecule has 8 heteroatoms. The number of morpholine rings is 1. The molecule has 1 aliphatic rings. The van der Waals surface area contributed by atoms with Gasteiger partial charge in [-0.15, -0.1) is 0 Å². The number of benzene rings is 2. The Bertz CT molecular complexity index is 1320. The van der Waals surface area contributed by atoms with E-state index in [9.17, 15) is 4.79 Å². The van der Waals surface area contributed by atoms with Crippen molar-refractivity contribution in [3.63, 3.8) is 0 Å². The molecule has 36 heavy (non-hydrogen) atoms. The second kappa shape index (κ2) is 11.7. The number of aromatic nitrogens is 3. The summed E-state index contributed by atoms with van der Waals surface area (Å²) in [5.41, 5.74) is 6.09. The minimum atomic E-state index is -0.0338. The average molecular weight is 502 g/mol. The molecular formula is C28H31N5O2S. The first kappa shape index (κ1) is 24.5. The zero-order valence-electron chi connectivity index (χ0n) is 20.5. The molecule has 4 aromatic rings.